The first-order chi connectivity index (χ1) is 7.63. The van der Waals surface area contributed by atoms with Gasteiger partial charge in [0.2, 0.25) is 10.0 Å². The zero-order chi connectivity index (χ0) is 11.6. The highest BCUT2D eigenvalue weighted by molar-refractivity contribution is 7.89. The van der Waals surface area contributed by atoms with Gasteiger partial charge in [-0.3, -0.25) is 4.90 Å². The third-order valence-electron chi connectivity index (χ3n) is 3.44. The Hall–Kier alpha value is -0.640. The van der Waals surface area contributed by atoms with Crippen molar-refractivity contribution in [2.24, 2.45) is 0 Å². The molecule has 2 heterocycles. The van der Waals surface area contributed by atoms with E-state index >= 15 is 0 Å². The SMILES string of the molecule is N#CCS(=O)(=O)N1CCN2CCCCC2C1. The van der Waals surface area contributed by atoms with Gasteiger partial charge >= 0.3 is 0 Å². The highest BCUT2D eigenvalue weighted by atomic mass is 32.2. The van der Waals surface area contributed by atoms with Crippen molar-refractivity contribution in [2.75, 3.05) is 31.9 Å². The molecule has 2 aliphatic heterocycles. The Bertz CT molecular complexity index is 387. The Balaban J connectivity index is 2.03. The molecule has 5 nitrogen and oxygen atoms in total. The summed E-state index contributed by atoms with van der Waals surface area (Å²) in [5.41, 5.74) is 0. The van der Waals surface area contributed by atoms with Gasteiger partial charge in [0.15, 0.2) is 5.75 Å². The summed E-state index contributed by atoms with van der Waals surface area (Å²) < 4.78 is 25.0. The number of nitrogens with zero attached hydrogens (tertiary/aromatic N) is 3. The van der Waals surface area contributed by atoms with Crippen LogP contribution in [0.15, 0.2) is 0 Å². The summed E-state index contributed by atoms with van der Waals surface area (Å²) in [5.74, 6) is -0.389. The van der Waals surface area contributed by atoms with Crippen LogP contribution >= 0.6 is 0 Å². The molecule has 0 saturated carbocycles. The minimum Gasteiger partial charge on any atom is -0.298 e. The molecule has 0 N–H and O–H groups in total. The molecule has 0 radical (unpaired) electrons. The summed E-state index contributed by atoms with van der Waals surface area (Å²) in [7, 11) is -3.34. The second-order valence-corrected chi connectivity index (χ2v) is 6.43. The van der Waals surface area contributed by atoms with Gasteiger partial charge in [-0.1, -0.05) is 6.42 Å². The Kier molecular flexibility index (Phi) is 3.47. The smallest absolute Gasteiger partial charge is 0.227 e. The molecule has 2 rings (SSSR count). The van der Waals surface area contributed by atoms with E-state index in [1.54, 1.807) is 6.07 Å². The van der Waals surface area contributed by atoms with Gasteiger partial charge in [0.05, 0.1) is 6.07 Å². The summed E-state index contributed by atoms with van der Waals surface area (Å²) in [6.07, 6.45) is 3.49. The van der Waals surface area contributed by atoms with Gasteiger partial charge in [0.1, 0.15) is 0 Å². The number of piperidine rings is 1. The van der Waals surface area contributed by atoms with Crippen LogP contribution in [0.4, 0.5) is 0 Å². The van der Waals surface area contributed by atoms with Crippen LogP contribution in [0.25, 0.3) is 0 Å². The summed E-state index contributed by atoms with van der Waals surface area (Å²) in [5, 5.41) is 8.50. The Labute approximate surface area is 96.7 Å². The predicted octanol–water partition coefficient (Wildman–Crippen LogP) is 0.00988. The molecule has 0 aromatic carbocycles. The minimum atomic E-state index is -3.34. The molecule has 2 fully saturated rings. The van der Waals surface area contributed by atoms with E-state index in [1.807, 2.05) is 0 Å². The molecule has 1 atom stereocenters. The molecule has 90 valence electrons. The molecule has 0 bridgehead atoms. The number of rotatable bonds is 2. The van der Waals surface area contributed by atoms with Crippen molar-refractivity contribution in [1.29, 1.82) is 5.26 Å². The van der Waals surface area contributed by atoms with Gasteiger partial charge in [-0.25, -0.2) is 8.42 Å². The quantitative estimate of drug-likeness (QED) is 0.685. The van der Waals surface area contributed by atoms with Crippen LogP contribution in [-0.4, -0.2) is 55.6 Å². The van der Waals surface area contributed by atoms with E-state index in [2.05, 4.69) is 4.90 Å². The lowest BCUT2D eigenvalue weighted by Gasteiger charge is -2.43. The number of sulfonamides is 1. The number of hydrogen-bond acceptors (Lipinski definition) is 4. The molecule has 16 heavy (non-hydrogen) atoms. The van der Waals surface area contributed by atoms with Crippen LogP contribution < -0.4 is 0 Å². The summed E-state index contributed by atoms with van der Waals surface area (Å²) in [4.78, 5) is 2.38. The van der Waals surface area contributed by atoms with Crippen LogP contribution in [0.3, 0.4) is 0 Å². The van der Waals surface area contributed by atoms with Crippen LogP contribution in [0, 0.1) is 11.3 Å². The molecule has 0 aromatic heterocycles. The second-order valence-electron chi connectivity index (χ2n) is 4.46. The van der Waals surface area contributed by atoms with Gasteiger partial charge in [0.25, 0.3) is 0 Å². The van der Waals surface area contributed by atoms with Crippen LogP contribution in [-0.2, 0) is 10.0 Å². The Morgan fingerprint density at radius 1 is 1.25 bits per heavy atom. The molecule has 0 aliphatic carbocycles. The van der Waals surface area contributed by atoms with E-state index in [1.165, 1.54) is 17.1 Å². The fraction of sp³-hybridized carbons (Fsp3) is 0.900. The largest absolute Gasteiger partial charge is 0.298 e. The first kappa shape index (κ1) is 11.8. The van der Waals surface area contributed by atoms with E-state index in [0.29, 0.717) is 19.1 Å². The number of fused-ring (bicyclic) bond motifs is 1. The highest BCUT2D eigenvalue weighted by Crippen LogP contribution is 2.22. The normalized spacial score (nSPS) is 28.3. The molecule has 0 aromatic rings. The van der Waals surface area contributed by atoms with Gasteiger partial charge in [-0.05, 0) is 19.4 Å². The van der Waals surface area contributed by atoms with Crippen molar-refractivity contribution < 1.29 is 8.42 Å². The molecular formula is C10H17N3O2S. The third kappa shape index (κ3) is 2.37. The van der Waals surface area contributed by atoms with E-state index in [9.17, 15) is 8.42 Å². The average molecular weight is 243 g/mol. The number of piperazine rings is 1. The first-order valence-electron chi connectivity index (χ1n) is 5.72. The topological polar surface area (TPSA) is 64.4 Å². The van der Waals surface area contributed by atoms with Crippen molar-refractivity contribution in [3.8, 4) is 6.07 Å². The second kappa shape index (κ2) is 4.70. The highest BCUT2D eigenvalue weighted by Gasteiger charge is 2.33. The summed E-state index contributed by atoms with van der Waals surface area (Å²) in [6.45, 7) is 3.02. The van der Waals surface area contributed by atoms with Crippen LogP contribution in [0.1, 0.15) is 19.3 Å². The van der Waals surface area contributed by atoms with Gasteiger partial charge in [-0.2, -0.15) is 9.57 Å². The van der Waals surface area contributed by atoms with Gasteiger partial charge in [-0.15, -0.1) is 0 Å². The minimum absolute atomic E-state index is 0.371. The summed E-state index contributed by atoms with van der Waals surface area (Å²) >= 11 is 0. The lowest BCUT2D eigenvalue weighted by Crippen LogP contribution is -2.56. The Morgan fingerprint density at radius 3 is 2.81 bits per heavy atom. The zero-order valence-corrected chi connectivity index (χ0v) is 10.1. The van der Waals surface area contributed by atoms with Crippen molar-refractivity contribution in [3.63, 3.8) is 0 Å². The van der Waals surface area contributed by atoms with E-state index < -0.39 is 10.0 Å². The molecular weight excluding hydrogens is 226 g/mol. The molecule has 0 amide bonds. The van der Waals surface area contributed by atoms with Crippen molar-refractivity contribution in [3.05, 3.63) is 0 Å². The summed E-state index contributed by atoms with van der Waals surface area (Å²) in [6, 6.07) is 2.11. The predicted molar refractivity (Wildman–Crippen MR) is 60.2 cm³/mol. The third-order valence-corrected chi connectivity index (χ3v) is 5.05. The van der Waals surface area contributed by atoms with Gasteiger partial charge in [0, 0.05) is 25.7 Å². The molecule has 1 unspecified atom stereocenters. The average Bonchev–Trinajstić information content (AvgIpc) is 2.28. The molecule has 6 heteroatoms. The van der Waals surface area contributed by atoms with E-state index in [-0.39, 0.29) is 5.75 Å². The maximum Gasteiger partial charge on any atom is 0.227 e. The van der Waals surface area contributed by atoms with Crippen LogP contribution in [0.2, 0.25) is 0 Å². The molecule has 0 spiro atoms. The fourth-order valence-corrected chi connectivity index (χ4v) is 3.66. The first-order valence-corrected chi connectivity index (χ1v) is 7.33. The van der Waals surface area contributed by atoms with Crippen LogP contribution in [0.5, 0.6) is 0 Å². The Morgan fingerprint density at radius 2 is 2.06 bits per heavy atom. The van der Waals surface area contributed by atoms with Gasteiger partial charge < -0.3 is 0 Å². The molecule has 2 saturated heterocycles. The number of hydrogen-bond donors (Lipinski definition) is 0. The standard InChI is InChI=1S/C10H17N3O2S/c11-4-8-16(14,15)13-7-6-12-5-2-1-3-10(12)9-13/h10H,1-3,5-9H2. The maximum atomic E-state index is 11.7. The van der Waals surface area contributed by atoms with Crippen molar-refractivity contribution >= 4 is 10.0 Å². The maximum absolute atomic E-state index is 11.7. The fourth-order valence-electron chi connectivity index (χ4n) is 2.55. The number of nitriles is 1. The monoisotopic (exact) mass is 243 g/mol. The lowest BCUT2D eigenvalue weighted by atomic mass is 10.0. The van der Waals surface area contributed by atoms with E-state index in [0.717, 1.165) is 19.5 Å². The lowest BCUT2D eigenvalue weighted by molar-refractivity contribution is 0.0853. The zero-order valence-electron chi connectivity index (χ0n) is 9.30. The molecule has 2 aliphatic rings. The van der Waals surface area contributed by atoms with Crippen molar-refractivity contribution in [1.82, 2.24) is 9.21 Å². The van der Waals surface area contributed by atoms with Crippen molar-refractivity contribution in [2.45, 2.75) is 25.3 Å². The van der Waals surface area contributed by atoms with E-state index in [4.69, 9.17) is 5.26 Å².